The van der Waals surface area contributed by atoms with Crippen molar-refractivity contribution >= 4 is 5.96 Å². The molecular formula is C14H28N4. The fourth-order valence-electron chi connectivity index (χ4n) is 2.55. The van der Waals surface area contributed by atoms with Crippen molar-refractivity contribution in [1.82, 2.24) is 15.5 Å². The molecule has 1 atom stereocenters. The lowest BCUT2D eigenvalue weighted by Gasteiger charge is -2.25. The van der Waals surface area contributed by atoms with Gasteiger partial charge in [-0.05, 0) is 52.1 Å². The predicted octanol–water partition coefficient (Wildman–Crippen LogP) is 1.58. The Kier molecular flexibility index (Phi) is 5.29. The third kappa shape index (κ3) is 4.16. The molecule has 1 saturated heterocycles. The molecule has 1 aliphatic carbocycles. The molecule has 4 heteroatoms. The SMILES string of the molecule is CCNC(=NCC(CC)N1CCCC1)NC1CC1. The second-order valence-corrected chi connectivity index (χ2v) is 5.44. The predicted molar refractivity (Wildman–Crippen MR) is 77.0 cm³/mol. The molecule has 2 fully saturated rings. The highest BCUT2D eigenvalue weighted by atomic mass is 15.2. The molecule has 0 bridgehead atoms. The fourth-order valence-corrected chi connectivity index (χ4v) is 2.55. The van der Waals surface area contributed by atoms with Crippen LogP contribution in [0.2, 0.25) is 0 Å². The smallest absolute Gasteiger partial charge is 0.191 e. The molecule has 1 saturated carbocycles. The van der Waals surface area contributed by atoms with Gasteiger partial charge in [-0.1, -0.05) is 6.92 Å². The van der Waals surface area contributed by atoms with Crippen LogP contribution >= 0.6 is 0 Å². The summed E-state index contributed by atoms with van der Waals surface area (Å²) in [7, 11) is 0. The Bertz CT molecular complexity index is 267. The lowest BCUT2D eigenvalue weighted by Crippen LogP contribution is -2.40. The molecule has 0 aromatic heterocycles. The van der Waals surface area contributed by atoms with Crippen LogP contribution in [0.3, 0.4) is 0 Å². The molecule has 2 rings (SSSR count). The van der Waals surface area contributed by atoms with E-state index in [1.54, 1.807) is 0 Å². The van der Waals surface area contributed by atoms with Crippen LogP contribution < -0.4 is 10.6 Å². The van der Waals surface area contributed by atoms with Crippen LogP contribution in [-0.4, -0.2) is 49.1 Å². The van der Waals surface area contributed by atoms with Gasteiger partial charge < -0.3 is 10.6 Å². The van der Waals surface area contributed by atoms with E-state index >= 15 is 0 Å². The van der Waals surface area contributed by atoms with Crippen LogP contribution in [0.4, 0.5) is 0 Å². The zero-order chi connectivity index (χ0) is 12.8. The quantitative estimate of drug-likeness (QED) is 0.557. The van der Waals surface area contributed by atoms with Crippen LogP contribution in [0.25, 0.3) is 0 Å². The summed E-state index contributed by atoms with van der Waals surface area (Å²) in [5.41, 5.74) is 0. The van der Waals surface area contributed by atoms with Gasteiger partial charge in [0.1, 0.15) is 0 Å². The van der Waals surface area contributed by atoms with E-state index in [1.807, 2.05) is 0 Å². The van der Waals surface area contributed by atoms with E-state index in [0.717, 1.165) is 19.0 Å². The van der Waals surface area contributed by atoms with Gasteiger partial charge in [0, 0.05) is 18.6 Å². The molecule has 1 aliphatic heterocycles. The van der Waals surface area contributed by atoms with E-state index in [4.69, 9.17) is 4.99 Å². The van der Waals surface area contributed by atoms with E-state index in [9.17, 15) is 0 Å². The van der Waals surface area contributed by atoms with Crippen molar-refractivity contribution in [3.8, 4) is 0 Å². The van der Waals surface area contributed by atoms with Gasteiger partial charge in [0.2, 0.25) is 0 Å². The molecule has 104 valence electrons. The van der Waals surface area contributed by atoms with Crippen LogP contribution in [0, 0.1) is 0 Å². The number of hydrogen-bond donors (Lipinski definition) is 2. The maximum Gasteiger partial charge on any atom is 0.191 e. The Labute approximate surface area is 111 Å². The van der Waals surface area contributed by atoms with E-state index in [1.165, 1.54) is 45.2 Å². The Hall–Kier alpha value is -0.770. The summed E-state index contributed by atoms with van der Waals surface area (Å²) in [5, 5.41) is 6.83. The molecule has 18 heavy (non-hydrogen) atoms. The van der Waals surface area contributed by atoms with Crippen LogP contribution in [0.15, 0.2) is 4.99 Å². The van der Waals surface area contributed by atoms with Gasteiger partial charge in [0.15, 0.2) is 5.96 Å². The van der Waals surface area contributed by atoms with Crippen LogP contribution in [-0.2, 0) is 0 Å². The third-order valence-electron chi connectivity index (χ3n) is 3.85. The molecule has 2 N–H and O–H groups in total. The molecular weight excluding hydrogens is 224 g/mol. The van der Waals surface area contributed by atoms with Crippen molar-refractivity contribution < 1.29 is 0 Å². The highest BCUT2D eigenvalue weighted by molar-refractivity contribution is 5.80. The minimum Gasteiger partial charge on any atom is -0.357 e. The number of likely N-dealkylation sites (tertiary alicyclic amines) is 1. The minimum absolute atomic E-state index is 0.627. The number of rotatable bonds is 6. The normalized spacial score (nSPS) is 23.1. The Morgan fingerprint density at radius 2 is 2.00 bits per heavy atom. The topological polar surface area (TPSA) is 39.7 Å². The van der Waals surface area contributed by atoms with Gasteiger partial charge in [-0.15, -0.1) is 0 Å². The summed E-state index contributed by atoms with van der Waals surface area (Å²) in [6.45, 7) is 8.81. The second-order valence-electron chi connectivity index (χ2n) is 5.44. The fraction of sp³-hybridized carbons (Fsp3) is 0.929. The van der Waals surface area contributed by atoms with Crippen LogP contribution in [0.5, 0.6) is 0 Å². The number of hydrogen-bond acceptors (Lipinski definition) is 2. The number of aliphatic imine (C=N–C) groups is 1. The van der Waals surface area contributed by atoms with Crippen molar-refractivity contribution in [1.29, 1.82) is 0 Å². The molecule has 1 unspecified atom stereocenters. The average molecular weight is 252 g/mol. The highest BCUT2D eigenvalue weighted by Gasteiger charge is 2.23. The molecule has 4 nitrogen and oxygen atoms in total. The molecule has 0 amide bonds. The summed E-state index contributed by atoms with van der Waals surface area (Å²) in [4.78, 5) is 7.36. The van der Waals surface area contributed by atoms with E-state index < -0.39 is 0 Å². The zero-order valence-corrected chi connectivity index (χ0v) is 11.9. The van der Waals surface area contributed by atoms with Gasteiger partial charge in [0.25, 0.3) is 0 Å². The number of guanidine groups is 1. The summed E-state index contributed by atoms with van der Waals surface area (Å²) in [6.07, 6.45) is 6.52. The number of nitrogens with zero attached hydrogens (tertiary/aromatic N) is 2. The largest absolute Gasteiger partial charge is 0.357 e. The van der Waals surface area contributed by atoms with Gasteiger partial charge in [-0.3, -0.25) is 9.89 Å². The zero-order valence-electron chi connectivity index (χ0n) is 11.9. The molecule has 0 spiro atoms. The maximum atomic E-state index is 4.76. The van der Waals surface area contributed by atoms with Gasteiger partial charge >= 0.3 is 0 Å². The Balaban J connectivity index is 1.82. The average Bonchev–Trinajstić information content (AvgIpc) is 3.02. The van der Waals surface area contributed by atoms with Gasteiger partial charge in [0.05, 0.1) is 6.54 Å². The van der Waals surface area contributed by atoms with E-state index in [0.29, 0.717) is 12.1 Å². The number of nitrogens with one attached hydrogen (secondary N) is 2. The molecule has 0 aromatic rings. The van der Waals surface area contributed by atoms with Crippen LogP contribution in [0.1, 0.15) is 46.0 Å². The van der Waals surface area contributed by atoms with Crippen molar-refractivity contribution in [2.45, 2.75) is 58.0 Å². The van der Waals surface area contributed by atoms with Gasteiger partial charge in [-0.25, -0.2) is 0 Å². The van der Waals surface area contributed by atoms with Crippen molar-refractivity contribution in [2.75, 3.05) is 26.2 Å². The Morgan fingerprint density at radius 1 is 1.28 bits per heavy atom. The maximum absolute atomic E-state index is 4.76. The van der Waals surface area contributed by atoms with Gasteiger partial charge in [-0.2, -0.15) is 0 Å². The monoisotopic (exact) mass is 252 g/mol. The van der Waals surface area contributed by atoms with Crippen molar-refractivity contribution in [3.05, 3.63) is 0 Å². The van der Waals surface area contributed by atoms with E-state index in [2.05, 4.69) is 29.4 Å². The Morgan fingerprint density at radius 3 is 2.56 bits per heavy atom. The lowest BCUT2D eigenvalue weighted by atomic mass is 10.2. The molecule has 2 aliphatic rings. The van der Waals surface area contributed by atoms with Crippen molar-refractivity contribution in [2.24, 2.45) is 4.99 Å². The molecule has 0 radical (unpaired) electrons. The first-order valence-electron chi connectivity index (χ1n) is 7.62. The summed E-state index contributed by atoms with van der Waals surface area (Å²) < 4.78 is 0. The molecule has 0 aromatic carbocycles. The highest BCUT2D eigenvalue weighted by Crippen LogP contribution is 2.18. The lowest BCUT2D eigenvalue weighted by molar-refractivity contribution is 0.242. The standard InChI is InChI=1S/C14H28N4/c1-3-13(18-9-5-6-10-18)11-16-14(15-4-2)17-12-7-8-12/h12-13H,3-11H2,1-2H3,(H2,15,16,17). The summed E-state index contributed by atoms with van der Waals surface area (Å²) in [5.74, 6) is 1.01. The molecule has 1 heterocycles. The summed E-state index contributed by atoms with van der Waals surface area (Å²) >= 11 is 0. The first-order chi connectivity index (χ1) is 8.83. The third-order valence-corrected chi connectivity index (χ3v) is 3.85. The minimum atomic E-state index is 0.627. The first-order valence-corrected chi connectivity index (χ1v) is 7.62. The van der Waals surface area contributed by atoms with E-state index in [-0.39, 0.29) is 0 Å². The van der Waals surface area contributed by atoms with Crippen molar-refractivity contribution in [3.63, 3.8) is 0 Å². The summed E-state index contributed by atoms with van der Waals surface area (Å²) in [6, 6.07) is 1.30. The second kappa shape index (κ2) is 6.98. The first kappa shape index (κ1) is 13.7.